The number of hydrogen-bond acceptors (Lipinski definition) is 6. The van der Waals surface area contributed by atoms with Crippen molar-refractivity contribution in [1.29, 1.82) is 0 Å². The average Bonchev–Trinajstić information content (AvgIpc) is 3.10. The highest BCUT2D eigenvalue weighted by molar-refractivity contribution is 5.85. The number of hydrazone groups is 1. The molecule has 3 aromatic rings. The zero-order valence-electron chi connectivity index (χ0n) is 12.1. The molecule has 0 aliphatic heterocycles. The first-order valence-electron chi connectivity index (χ1n) is 6.46. The van der Waals surface area contributed by atoms with Crippen molar-refractivity contribution in [3.8, 4) is 11.3 Å². The molecule has 0 unspecified atom stereocenters. The molecule has 0 bridgehead atoms. The number of aryl methyl sites for hydroxylation is 1. The first-order valence-corrected chi connectivity index (χ1v) is 6.46. The predicted octanol–water partition coefficient (Wildman–Crippen LogP) is 2.57. The molecule has 0 fully saturated rings. The molecule has 23 heavy (non-hydrogen) atoms. The van der Waals surface area contributed by atoms with Gasteiger partial charge in [0.1, 0.15) is 17.3 Å². The van der Waals surface area contributed by atoms with Gasteiger partial charge in [0, 0.05) is 0 Å². The number of nitrogens with two attached hydrogens (primary N) is 1. The fourth-order valence-electron chi connectivity index (χ4n) is 1.83. The standard InChI is InChI=1S/C14H13FN6O.ClH/c1-9-18-20-14(21(9)16)19-17-8-10-6-7-13(22-10)11-4-2-3-5-12(11)15;/h2-8H,16H2,1H3,(H,19,20);1H. The number of halogens is 2. The molecule has 0 saturated carbocycles. The molecular formula is C14H14ClFN6O. The van der Waals surface area contributed by atoms with Crippen LogP contribution in [0, 0.1) is 12.7 Å². The molecule has 2 heterocycles. The van der Waals surface area contributed by atoms with Gasteiger partial charge in [0.05, 0.1) is 11.8 Å². The van der Waals surface area contributed by atoms with Crippen LogP contribution in [0.1, 0.15) is 11.6 Å². The first kappa shape index (κ1) is 16.5. The lowest BCUT2D eigenvalue weighted by Gasteiger charge is -1.99. The lowest BCUT2D eigenvalue weighted by Crippen LogP contribution is -2.13. The number of aromatic nitrogens is 3. The fourth-order valence-corrected chi connectivity index (χ4v) is 1.83. The molecule has 3 N–H and O–H groups in total. The Kier molecular flexibility index (Phi) is 4.97. The van der Waals surface area contributed by atoms with Gasteiger partial charge in [0.15, 0.2) is 5.82 Å². The number of anilines is 1. The molecule has 0 saturated heterocycles. The Morgan fingerprint density at radius 2 is 2.04 bits per heavy atom. The lowest BCUT2D eigenvalue weighted by molar-refractivity contribution is 0.563. The molecule has 0 atom stereocenters. The van der Waals surface area contributed by atoms with Crippen LogP contribution in [0.2, 0.25) is 0 Å². The number of rotatable bonds is 4. The van der Waals surface area contributed by atoms with Crippen molar-refractivity contribution in [1.82, 2.24) is 14.9 Å². The van der Waals surface area contributed by atoms with E-state index in [-0.39, 0.29) is 18.2 Å². The van der Waals surface area contributed by atoms with Crippen molar-refractivity contribution in [2.24, 2.45) is 5.10 Å². The summed E-state index contributed by atoms with van der Waals surface area (Å²) in [6, 6.07) is 9.75. The van der Waals surface area contributed by atoms with Crippen molar-refractivity contribution in [2.45, 2.75) is 6.92 Å². The topological polar surface area (TPSA) is 94.3 Å². The van der Waals surface area contributed by atoms with E-state index in [1.165, 1.54) is 17.0 Å². The number of furan rings is 1. The maximum absolute atomic E-state index is 13.7. The maximum Gasteiger partial charge on any atom is 0.263 e. The summed E-state index contributed by atoms with van der Waals surface area (Å²) in [6.07, 6.45) is 1.44. The van der Waals surface area contributed by atoms with Crippen LogP contribution >= 0.6 is 12.4 Å². The third kappa shape index (κ3) is 3.49. The van der Waals surface area contributed by atoms with Crippen molar-refractivity contribution in [3.05, 3.63) is 53.8 Å². The third-order valence-electron chi connectivity index (χ3n) is 2.99. The van der Waals surface area contributed by atoms with E-state index in [1.54, 1.807) is 37.3 Å². The van der Waals surface area contributed by atoms with E-state index in [2.05, 4.69) is 20.7 Å². The Hall–Kier alpha value is -2.87. The molecule has 3 rings (SSSR count). The van der Waals surface area contributed by atoms with Crippen LogP contribution < -0.4 is 11.3 Å². The largest absolute Gasteiger partial charge is 0.455 e. The zero-order valence-corrected chi connectivity index (χ0v) is 12.9. The summed E-state index contributed by atoms with van der Waals surface area (Å²) in [5.74, 6) is 7.07. The van der Waals surface area contributed by atoms with E-state index >= 15 is 0 Å². The second-order valence-electron chi connectivity index (χ2n) is 4.49. The van der Waals surface area contributed by atoms with Crippen molar-refractivity contribution in [2.75, 3.05) is 11.3 Å². The monoisotopic (exact) mass is 336 g/mol. The molecule has 0 aliphatic carbocycles. The Morgan fingerprint density at radius 3 is 2.74 bits per heavy atom. The summed E-state index contributed by atoms with van der Waals surface area (Å²) < 4.78 is 20.5. The Balaban J connectivity index is 0.00000192. The highest BCUT2D eigenvalue weighted by Crippen LogP contribution is 2.24. The molecule has 1 aromatic carbocycles. The molecule has 9 heteroatoms. The van der Waals surface area contributed by atoms with Crippen LogP contribution in [0.5, 0.6) is 0 Å². The Labute approximate surface area is 137 Å². The fraction of sp³-hybridized carbons (Fsp3) is 0.0714. The van der Waals surface area contributed by atoms with Gasteiger partial charge in [-0.3, -0.25) is 0 Å². The van der Waals surface area contributed by atoms with Crippen LogP contribution in [-0.2, 0) is 0 Å². The highest BCUT2D eigenvalue weighted by atomic mass is 35.5. The van der Waals surface area contributed by atoms with Gasteiger partial charge in [-0.1, -0.05) is 12.1 Å². The van der Waals surface area contributed by atoms with E-state index in [4.69, 9.17) is 10.3 Å². The van der Waals surface area contributed by atoms with Crippen LogP contribution in [0.15, 0.2) is 45.9 Å². The summed E-state index contributed by atoms with van der Waals surface area (Å²) in [5.41, 5.74) is 3.04. The van der Waals surface area contributed by atoms with Gasteiger partial charge in [-0.05, 0) is 31.2 Å². The van der Waals surface area contributed by atoms with Crippen molar-refractivity contribution >= 4 is 24.6 Å². The second-order valence-corrected chi connectivity index (χ2v) is 4.49. The summed E-state index contributed by atoms with van der Waals surface area (Å²) >= 11 is 0. The van der Waals surface area contributed by atoms with E-state index in [9.17, 15) is 4.39 Å². The van der Waals surface area contributed by atoms with Gasteiger partial charge in [-0.2, -0.15) is 5.10 Å². The molecule has 0 aliphatic rings. The number of nitrogens with one attached hydrogen (secondary N) is 1. The lowest BCUT2D eigenvalue weighted by atomic mass is 10.1. The van der Waals surface area contributed by atoms with Gasteiger partial charge < -0.3 is 10.3 Å². The molecule has 2 aromatic heterocycles. The summed E-state index contributed by atoms with van der Waals surface area (Å²) in [6.45, 7) is 1.72. The van der Waals surface area contributed by atoms with Crippen molar-refractivity contribution in [3.63, 3.8) is 0 Å². The van der Waals surface area contributed by atoms with Crippen molar-refractivity contribution < 1.29 is 8.81 Å². The number of nitrogens with zero attached hydrogens (tertiary/aromatic N) is 4. The quantitative estimate of drug-likeness (QED) is 0.434. The summed E-state index contributed by atoms with van der Waals surface area (Å²) in [4.78, 5) is 0. The highest BCUT2D eigenvalue weighted by Gasteiger charge is 2.08. The Bertz CT molecular complexity index is 828. The number of benzene rings is 1. The smallest absolute Gasteiger partial charge is 0.263 e. The van der Waals surface area contributed by atoms with Crippen LogP contribution in [0.3, 0.4) is 0 Å². The minimum Gasteiger partial charge on any atom is -0.455 e. The number of hydrogen-bond donors (Lipinski definition) is 2. The molecule has 0 amide bonds. The van der Waals surface area contributed by atoms with Gasteiger partial charge in [0.25, 0.3) is 5.95 Å². The van der Waals surface area contributed by atoms with Crippen LogP contribution in [0.25, 0.3) is 11.3 Å². The minimum absolute atomic E-state index is 0. The zero-order chi connectivity index (χ0) is 15.5. The molecule has 120 valence electrons. The van der Waals surface area contributed by atoms with E-state index < -0.39 is 0 Å². The molecule has 0 radical (unpaired) electrons. The van der Waals surface area contributed by atoms with Crippen LogP contribution in [0.4, 0.5) is 10.3 Å². The first-order chi connectivity index (χ1) is 10.6. The summed E-state index contributed by atoms with van der Waals surface area (Å²) in [5, 5.41) is 11.5. The maximum atomic E-state index is 13.7. The number of nitrogen functional groups attached to an aromatic ring is 1. The molecule has 7 nitrogen and oxygen atoms in total. The van der Waals surface area contributed by atoms with Gasteiger partial charge in [-0.15, -0.1) is 22.6 Å². The summed E-state index contributed by atoms with van der Waals surface area (Å²) in [7, 11) is 0. The van der Waals surface area contributed by atoms with Gasteiger partial charge in [0.2, 0.25) is 0 Å². The van der Waals surface area contributed by atoms with Gasteiger partial charge >= 0.3 is 0 Å². The third-order valence-corrected chi connectivity index (χ3v) is 2.99. The predicted molar refractivity (Wildman–Crippen MR) is 87.5 cm³/mol. The minimum atomic E-state index is -0.342. The van der Waals surface area contributed by atoms with Gasteiger partial charge in [-0.25, -0.2) is 14.5 Å². The SMILES string of the molecule is Cc1nnc(NN=Cc2ccc(-c3ccccc3F)o2)n1N.Cl. The molecular weight excluding hydrogens is 323 g/mol. The average molecular weight is 337 g/mol. The van der Waals surface area contributed by atoms with Crippen LogP contribution in [-0.4, -0.2) is 21.1 Å². The normalized spacial score (nSPS) is 10.7. The molecule has 0 spiro atoms. The second kappa shape index (κ2) is 6.93. The van der Waals surface area contributed by atoms with E-state index in [0.717, 1.165) is 0 Å². The van der Waals surface area contributed by atoms with E-state index in [1.807, 2.05) is 0 Å². The van der Waals surface area contributed by atoms with E-state index in [0.29, 0.717) is 28.9 Å². The Morgan fingerprint density at radius 1 is 1.26 bits per heavy atom.